The molecule has 1 amide bonds. The Morgan fingerprint density at radius 3 is 2.29 bits per heavy atom. The molecule has 0 aliphatic carbocycles. The van der Waals surface area contributed by atoms with Crippen LogP contribution in [0.5, 0.6) is 0 Å². The number of hydrogen-bond acceptors (Lipinski definition) is 6. The maximum Gasteiger partial charge on any atom is 0.270 e. The summed E-state index contributed by atoms with van der Waals surface area (Å²) < 4.78 is 13.3. The number of piperidine rings is 1. The summed E-state index contributed by atoms with van der Waals surface area (Å²) in [7, 11) is 0. The van der Waals surface area contributed by atoms with Gasteiger partial charge in [0.05, 0.1) is 11.6 Å². The molecule has 2 aliphatic rings. The van der Waals surface area contributed by atoms with Crippen molar-refractivity contribution in [1.82, 2.24) is 25.0 Å². The second kappa shape index (κ2) is 12.8. The van der Waals surface area contributed by atoms with E-state index in [1.807, 2.05) is 42.5 Å². The molecule has 2 saturated heterocycles. The lowest BCUT2D eigenvalue weighted by Crippen LogP contribution is -2.58. The Hall–Kier alpha value is -4.06. The summed E-state index contributed by atoms with van der Waals surface area (Å²) >= 11 is 0. The Kier molecular flexibility index (Phi) is 9.00. The van der Waals surface area contributed by atoms with Gasteiger partial charge < -0.3 is 10.2 Å². The van der Waals surface area contributed by atoms with Gasteiger partial charge in [0.15, 0.2) is 0 Å². The van der Waals surface area contributed by atoms with Crippen molar-refractivity contribution in [3.8, 4) is 6.07 Å². The maximum atomic E-state index is 13.3. The average molecular weight is 567 g/mol. The first kappa shape index (κ1) is 29.4. The molecule has 2 fully saturated rings. The van der Waals surface area contributed by atoms with Gasteiger partial charge in [0.2, 0.25) is 0 Å². The van der Waals surface area contributed by atoms with Crippen LogP contribution in [0.2, 0.25) is 0 Å². The van der Waals surface area contributed by atoms with E-state index in [4.69, 9.17) is 5.26 Å². The number of carbonyl (C=O) groups excluding carboxylic acids is 1. The Labute approximate surface area is 248 Å². The van der Waals surface area contributed by atoms with Crippen LogP contribution in [0.15, 0.2) is 73.4 Å². The maximum absolute atomic E-state index is 13.3. The first-order valence-corrected chi connectivity index (χ1v) is 14.6. The molecule has 0 atom stereocenters. The summed E-state index contributed by atoms with van der Waals surface area (Å²) in [6.07, 6.45) is 3.52. The van der Waals surface area contributed by atoms with Crippen molar-refractivity contribution in [1.29, 1.82) is 5.26 Å². The average Bonchev–Trinajstić information content (AvgIpc) is 3.00. The number of halogens is 1. The van der Waals surface area contributed by atoms with Gasteiger partial charge in [-0.05, 0) is 74.2 Å². The molecule has 0 bridgehead atoms. The van der Waals surface area contributed by atoms with Crippen LogP contribution < -0.4 is 5.32 Å². The number of amides is 1. The number of benzene rings is 2. The lowest BCUT2D eigenvalue weighted by Gasteiger charge is -2.48. The zero-order chi connectivity index (χ0) is 29.7. The zero-order valence-electron chi connectivity index (χ0n) is 24.5. The summed E-state index contributed by atoms with van der Waals surface area (Å²) in [6.45, 7) is 14.7. The normalized spacial score (nSPS) is 17.9. The number of nitrogens with zero attached hydrogens (tertiary/aromatic N) is 5. The molecule has 0 saturated carbocycles. The number of nitrogens with one attached hydrogen (secondary N) is 1. The Morgan fingerprint density at radius 2 is 1.67 bits per heavy atom. The van der Waals surface area contributed by atoms with E-state index in [1.54, 1.807) is 12.3 Å². The predicted molar refractivity (Wildman–Crippen MR) is 163 cm³/mol. The van der Waals surface area contributed by atoms with E-state index in [-0.39, 0.29) is 23.3 Å². The number of rotatable bonds is 8. The van der Waals surface area contributed by atoms with Crippen LogP contribution in [0.4, 0.5) is 4.39 Å². The van der Waals surface area contributed by atoms with Gasteiger partial charge in [0.25, 0.3) is 5.91 Å². The van der Waals surface area contributed by atoms with Gasteiger partial charge in [-0.2, -0.15) is 5.26 Å². The second-order valence-corrected chi connectivity index (χ2v) is 12.0. The minimum atomic E-state index is -0.214. The minimum absolute atomic E-state index is 0.0968. The molecule has 3 heterocycles. The largest absolute Gasteiger partial charge is 0.368 e. The van der Waals surface area contributed by atoms with Gasteiger partial charge >= 0.3 is 0 Å². The molecule has 2 aromatic carbocycles. The second-order valence-electron chi connectivity index (χ2n) is 12.0. The van der Waals surface area contributed by atoms with E-state index in [0.717, 1.165) is 75.5 Å². The smallest absolute Gasteiger partial charge is 0.270 e. The molecule has 42 heavy (non-hydrogen) atoms. The Balaban J connectivity index is 1.09. The molecule has 2 aliphatic heterocycles. The Bertz CT molecular complexity index is 1420. The van der Waals surface area contributed by atoms with Gasteiger partial charge in [0, 0.05) is 74.9 Å². The summed E-state index contributed by atoms with van der Waals surface area (Å²) in [5.74, 6) is -0.359. The third kappa shape index (κ3) is 7.22. The number of hydrogen-bond donors (Lipinski definition) is 1. The van der Waals surface area contributed by atoms with E-state index in [1.165, 1.54) is 17.7 Å². The third-order valence-corrected chi connectivity index (χ3v) is 8.48. The third-order valence-electron chi connectivity index (χ3n) is 8.48. The fourth-order valence-electron chi connectivity index (χ4n) is 5.84. The van der Waals surface area contributed by atoms with Gasteiger partial charge in [0.1, 0.15) is 11.5 Å². The fourth-order valence-corrected chi connectivity index (χ4v) is 5.84. The Morgan fingerprint density at radius 1 is 1.00 bits per heavy atom. The molecule has 8 heteroatoms. The zero-order valence-corrected chi connectivity index (χ0v) is 24.5. The highest BCUT2D eigenvalue weighted by Gasteiger charge is 2.34. The highest BCUT2D eigenvalue weighted by atomic mass is 19.1. The number of nitriles is 1. The highest BCUT2D eigenvalue weighted by molar-refractivity contribution is 5.92. The van der Waals surface area contributed by atoms with Crippen LogP contribution >= 0.6 is 0 Å². The minimum Gasteiger partial charge on any atom is -0.368 e. The van der Waals surface area contributed by atoms with E-state index >= 15 is 0 Å². The summed E-state index contributed by atoms with van der Waals surface area (Å²) in [4.78, 5) is 24.5. The van der Waals surface area contributed by atoms with E-state index in [0.29, 0.717) is 11.3 Å². The van der Waals surface area contributed by atoms with Gasteiger partial charge in [-0.3, -0.25) is 19.6 Å². The van der Waals surface area contributed by atoms with Crippen LogP contribution in [0, 0.1) is 17.1 Å². The summed E-state index contributed by atoms with van der Waals surface area (Å²) in [5, 5.41) is 12.1. The first-order chi connectivity index (χ1) is 20.2. The molecule has 1 N–H and O–H groups in total. The number of pyridine rings is 1. The highest BCUT2D eigenvalue weighted by Crippen LogP contribution is 2.28. The van der Waals surface area contributed by atoms with Crippen LogP contribution in [-0.2, 0) is 13.1 Å². The SMILES string of the molecule is C=C(c1ccc(C(=O)NC2CCN(Cc3ccc(C#N)cc3)CC2)nc1)N1CCN(Cc2ccc(F)cc2)C(C)(C)C1. The van der Waals surface area contributed by atoms with Gasteiger partial charge in [-0.1, -0.05) is 30.8 Å². The monoisotopic (exact) mass is 566 g/mol. The number of carbonyl (C=O) groups is 1. The lowest BCUT2D eigenvalue weighted by molar-refractivity contribution is 0.0385. The van der Waals surface area contributed by atoms with Gasteiger partial charge in [-0.15, -0.1) is 0 Å². The number of piperazine rings is 1. The molecular weight excluding hydrogens is 527 g/mol. The van der Waals surface area contributed by atoms with E-state index in [9.17, 15) is 9.18 Å². The quantitative estimate of drug-likeness (QED) is 0.411. The van der Waals surface area contributed by atoms with Crippen molar-refractivity contribution < 1.29 is 9.18 Å². The molecular formula is C34H39FN6O. The first-order valence-electron chi connectivity index (χ1n) is 14.6. The summed E-state index contributed by atoms with van der Waals surface area (Å²) in [6, 6.07) is 20.5. The van der Waals surface area contributed by atoms with Crippen molar-refractivity contribution in [2.75, 3.05) is 32.7 Å². The van der Waals surface area contributed by atoms with E-state index < -0.39 is 0 Å². The molecule has 1 aromatic heterocycles. The summed E-state index contributed by atoms with van der Waals surface area (Å²) in [5.41, 5.74) is 5.09. The van der Waals surface area contributed by atoms with Crippen LogP contribution in [-0.4, -0.2) is 69.9 Å². The van der Waals surface area contributed by atoms with Crippen molar-refractivity contribution in [2.24, 2.45) is 0 Å². The standard InChI is InChI=1S/C34H39FN6O/c1-25(40-18-19-41(34(2,3)24-40)23-28-8-11-30(35)12-9-28)29-10-13-32(37-21-29)33(42)38-31-14-16-39(17-15-31)22-27-6-4-26(20-36)5-7-27/h4-13,21,31H,1,14-19,22-24H2,2-3H3,(H,38,42). The number of aromatic nitrogens is 1. The van der Waals surface area contributed by atoms with Crippen LogP contribution in [0.3, 0.4) is 0 Å². The van der Waals surface area contributed by atoms with Crippen molar-refractivity contribution in [2.45, 2.75) is 51.4 Å². The topological polar surface area (TPSA) is 75.5 Å². The van der Waals surface area contributed by atoms with Crippen molar-refractivity contribution in [3.63, 3.8) is 0 Å². The molecule has 7 nitrogen and oxygen atoms in total. The molecule has 0 unspecified atom stereocenters. The molecule has 0 radical (unpaired) electrons. The molecule has 0 spiro atoms. The van der Waals surface area contributed by atoms with E-state index in [2.05, 4.69) is 51.5 Å². The molecule has 5 rings (SSSR count). The van der Waals surface area contributed by atoms with Gasteiger partial charge in [-0.25, -0.2) is 4.39 Å². The fraction of sp³-hybridized carbons (Fsp3) is 0.382. The van der Waals surface area contributed by atoms with Crippen molar-refractivity contribution in [3.05, 3.63) is 107 Å². The lowest BCUT2D eigenvalue weighted by atomic mass is 9.96. The predicted octanol–water partition coefficient (Wildman–Crippen LogP) is 5.05. The van der Waals surface area contributed by atoms with Crippen LogP contribution in [0.25, 0.3) is 5.70 Å². The molecule has 218 valence electrons. The van der Waals surface area contributed by atoms with Crippen molar-refractivity contribution >= 4 is 11.6 Å². The number of likely N-dealkylation sites (tertiary alicyclic amines) is 1. The van der Waals surface area contributed by atoms with Crippen LogP contribution in [0.1, 0.15) is 59.4 Å². The molecule has 3 aromatic rings.